The Labute approximate surface area is 322 Å². The number of esters is 1. The summed E-state index contributed by atoms with van der Waals surface area (Å²) in [5, 5.41) is 0. The molecule has 0 radical (unpaired) electrons. The molecule has 0 heterocycles. The Morgan fingerprint density at radius 2 is 0.765 bits per heavy atom. The number of rotatable bonds is 42. The lowest BCUT2D eigenvalue weighted by atomic mass is 9.89. The van der Waals surface area contributed by atoms with Gasteiger partial charge in [-0.15, -0.1) is 0 Å². The molecule has 2 unspecified atom stereocenters. The van der Waals surface area contributed by atoms with E-state index < -0.39 is 0 Å². The Bertz CT molecular complexity index is 683. The van der Waals surface area contributed by atoms with Crippen LogP contribution in [0, 0.1) is 11.8 Å². The molecule has 2 atom stereocenters. The number of hydrogen-bond acceptors (Lipinski definition) is 4. The van der Waals surface area contributed by atoms with E-state index in [1.165, 1.54) is 206 Å². The zero-order valence-electron chi connectivity index (χ0n) is 36.2. The minimum absolute atomic E-state index is 0.0381. The highest BCUT2D eigenvalue weighted by Gasteiger charge is 2.13. The normalized spacial score (nSPS) is 13.0. The van der Waals surface area contributed by atoms with Gasteiger partial charge in [0.25, 0.3) is 0 Å². The van der Waals surface area contributed by atoms with Crippen molar-refractivity contribution >= 4 is 5.97 Å². The van der Waals surface area contributed by atoms with Crippen LogP contribution in [-0.2, 0) is 9.53 Å². The van der Waals surface area contributed by atoms with Crippen molar-refractivity contribution < 1.29 is 9.53 Å². The molecular weight excluding hydrogens is 625 g/mol. The van der Waals surface area contributed by atoms with Crippen LogP contribution in [0.25, 0.3) is 0 Å². The van der Waals surface area contributed by atoms with Gasteiger partial charge >= 0.3 is 5.97 Å². The number of carbonyl (C=O) groups is 1. The summed E-state index contributed by atoms with van der Waals surface area (Å²) in [6, 6.07) is 0. The van der Waals surface area contributed by atoms with E-state index in [1.807, 2.05) is 0 Å². The van der Waals surface area contributed by atoms with Gasteiger partial charge in [-0.2, -0.15) is 0 Å². The standard InChI is InChI=1S/C47H96N2O2/c1-7-11-15-19-21-28-35-45(34-26-17-13-9-3)36-29-23-24-32-40-49(43-42-48(5)6)41-33-25-31-39-47(50)51-44-46(37-27-18-14-10-4)38-30-22-20-16-12-8-2/h45-46H,7-44H2,1-6H3. The third-order valence-corrected chi connectivity index (χ3v) is 11.4. The minimum Gasteiger partial charge on any atom is -0.465 e. The van der Waals surface area contributed by atoms with E-state index in [0.29, 0.717) is 18.9 Å². The molecule has 0 aliphatic carbocycles. The summed E-state index contributed by atoms with van der Waals surface area (Å²) in [6.07, 6.45) is 43.8. The van der Waals surface area contributed by atoms with Gasteiger partial charge in [-0.1, -0.05) is 201 Å². The van der Waals surface area contributed by atoms with Crippen molar-refractivity contribution in [2.75, 3.05) is 46.9 Å². The van der Waals surface area contributed by atoms with E-state index >= 15 is 0 Å². The number of nitrogens with zero attached hydrogens (tertiary/aromatic N) is 2. The second-order valence-corrected chi connectivity index (χ2v) is 16.9. The summed E-state index contributed by atoms with van der Waals surface area (Å²) in [4.78, 5) is 17.7. The van der Waals surface area contributed by atoms with E-state index in [2.05, 4.69) is 51.6 Å². The van der Waals surface area contributed by atoms with Gasteiger partial charge in [0.2, 0.25) is 0 Å². The van der Waals surface area contributed by atoms with Gasteiger partial charge in [0, 0.05) is 19.5 Å². The first-order valence-corrected chi connectivity index (χ1v) is 23.5. The average Bonchev–Trinajstić information content (AvgIpc) is 3.12. The van der Waals surface area contributed by atoms with Crippen molar-refractivity contribution in [3.8, 4) is 0 Å². The monoisotopic (exact) mass is 721 g/mol. The van der Waals surface area contributed by atoms with Crippen LogP contribution in [0.15, 0.2) is 0 Å². The van der Waals surface area contributed by atoms with Crippen molar-refractivity contribution in [3.05, 3.63) is 0 Å². The smallest absolute Gasteiger partial charge is 0.305 e. The maximum absolute atomic E-state index is 12.7. The largest absolute Gasteiger partial charge is 0.465 e. The molecule has 4 heteroatoms. The lowest BCUT2D eigenvalue weighted by Crippen LogP contribution is -2.33. The molecule has 0 aromatic rings. The van der Waals surface area contributed by atoms with Crippen LogP contribution in [0.4, 0.5) is 0 Å². The van der Waals surface area contributed by atoms with Crippen molar-refractivity contribution in [2.45, 2.75) is 240 Å². The van der Waals surface area contributed by atoms with E-state index in [-0.39, 0.29) is 5.97 Å². The summed E-state index contributed by atoms with van der Waals surface area (Å²) >= 11 is 0. The molecule has 0 amide bonds. The van der Waals surface area contributed by atoms with Crippen molar-refractivity contribution in [1.29, 1.82) is 0 Å². The van der Waals surface area contributed by atoms with Gasteiger partial charge in [0.1, 0.15) is 0 Å². The number of ether oxygens (including phenoxy) is 1. The summed E-state index contributed by atoms with van der Waals surface area (Å²) < 4.78 is 5.86. The molecule has 306 valence electrons. The van der Waals surface area contributed by atoms with Gasteiger partial charge in [0.15, 0.2) is 0 Å². The summed E-state index contributed by atoms with van der Waals surface area (Å²) in [5.74, 6) is 1.57. The number of hydrogen-bond donors (Lipinski definition) is 0. The molecule has 51 heavy (non-hydrogen) atoms. The predicted octanol–water partition coefficient (Wildman–Crippen LogP) is 14.6. The van der Waals surface area contributed by atoms with Gasteiger partial charge in [0.05, 0.1) is 6.61 Å². The van der Waals surface area contributed by atoms with E-state index in [1.54, 1.807) is 0 Å². The van der Waals surface area contributed by atoms with Gasteiger partial charge in [-0.25, -0.2) is 0 Å². The fourth-order valence-corrected chi connectivity index (χ4v) is 7.75. The lowest BCUT2D eigenvalue weighted by molar-refractivity contribution is -0.145. The first-order valence-electron chi connectivity index (χ1n) is 23.5. The van der Waals surface area contributed by atoms with Crippen LogP contribution in [0.5, 0.6) is 0 Å². The highest BCUT2D eigenvalue weighted by molar-refractivity contribution is 5.69. The Hall–Kier alpha value is -0.610. The van der Waals surface area contributed by atoms with Gasteiger partial charge in [-0.3, -0.25) is 4.79 Å². The van der Waals surface area contributed by atoms with Crippen molar-refractivity contribution in [2.24, 2.45) is 11.8 Å². The van der Waals surface area contributed by atoms with E-state index in [9.17, 15) is 4.79 Å². The Kier molecular flexibility index (Phi) is 40.1. The molecule has 0 aromatic heterocycles. The van der Waals surface area contributed by atoms with Crippen LogP contribution in [0.1, 0.15) is 240 Å². The Morgan fingerprint density at radius 1 is 0.412 bits per heavy atom. The van der Waals surface area contributed by atoms with E-state index in [0.717, 1.165) is 31.8 Å². The fourth-order valence-electron chi connectivity index (χ4n) is 7.75. The van der Waals surface area contributed by atoms with Crippen LogP contribution in [-0.4, -0.2) is 62.7 Å². The molecule has 0 aliphatic rings. The van der Waals surface area contributed by atoms with Crippen LogP contribution >= 0.6 is 0 Å². The minimum atomic E-state index is 0.0381. The lowest BCUT2D eigenvalue weighted by Gasteiger charge is -2.24. The van der Waals surface area contributed by atoms with Crippen LogP contribution < -0.4 is 0 Å². The fraction of sp³-hybridized carbons (Fsp3) is 0.979. The molecule has 0 N–H and O–H groups in total. The van der Waals surface area contributed by atoms with E-state index in [4.69, 9.17) is 4.74 Å². The summed E-state index contributed by atoms with van der Waals surface area (Å²) in [7, 11) is 4.38. The Morgan fingerprint density at radius 3 is 1.20 bits per heavy atom. The van der Waals surface area contributed by atoms with Crippen molar-refractivity contribution in [3.63, 3.8) is 0 Å². The van der Waals surface area contributed by atoms with Crippen molar-refractivity contribution in [1.82, 2.24) is 9.80 Å². The molecule has 0 fully saturated rings. The molecule has 0 aromatic carbocycles. The molecule has 0 saturated heterocycles. The zero-order valence-corrected chi connectivity index (χ0v) is 36.2. The summed E-state index contributed by atoms with van der Waals surface area (Å²) in [6.45, 7) is 14.5. The maximum Gasteiger partial charge on any atom is 0.305 e. The second kappa shape index (κ2) is 40.6. The van der Waals surface area contributed by atoms with Crippen LogP contribution in [0.2, 0.25) is 0 Å². The molecular formula is C47H96N2O2. The second-order valence-electron chi connectivity index (χ2n) is 16.9. The third-order valence-electron chi connectivity index (χ3n) is 11.4. The highest BCUT2D eigenvalue weighted by Crippen LogP contribution is 2.25. The quantitative estimate of drug-likeness (QED) is 0.0464. The van der Waals surface area contributed by atoms with Gasteiger partial charge < -0.3 is 14.5 Å². The Balaban J connectivity index is 4.37. The third kappa shape index (κ3) is 37.5. The molecule has 0 spiro atoms. The van der Waals surface area contributed by atoms with Crippen LogP contribution in [0.3, 0.4) is 0 Å². The number of carbonyl (C=O) groups excluding carboxylic acids is 1. The zero-order chi connectivity index (χ0) is 37.5. The van der Waals surface area contributed by atoms with Gasteiger partial charge in [-0.05, 0) is 71.1 Å². The molecule has 0 bridgehead atoms. The highest BCUT2D eigenvalue weighted by atomic mass is 16.5. The molecule has 0 rings (SSSR count). The number of unbranched alkanes of at least 4 members (excludes halogenated alkanes) is 21. The maximum atomic E-state index is 12.7. The number of likely N-dealkylation sites (N-methyl/N-ethyl adjacent to an activating group) is 1. The SMILES string of the molecule is CCCCCCCCC(CCCCCC)CCCCCCN(CCCCCC(=O)OCC(CCCCCC)CCCCCCCC)CCN(C)C. The average molecular weight is 721 g/mol. The first kappa shape index (κ1) is 50.4. The first-order chi connectivity index (χ1) is 25.0. The topological polar surface area (TPSA) is 32.8 Å². The molecule has 4 nitrogen and oxygen atoms in total. The molecule has 0 saturated carbocycles. The molecule has 0 aliphatic heterocycles. The predicted molar refractivity (Wildman–Crippen MR) is 228 cm³/mol. The summed E-state index contributed by atoms with van der Waals surface area (Å²) in [5.41, 5.74) is 0.